The van der Waals surface area contributed by atoms with Crippen LogP contribution in [-0.4, -0.2) is 15.6 Å². The van der Waals surface area contributed by atoms with Crippen molar-refractivity contribution in [3.05, 3.63) is 18.2 Å². The van der Waals surface area contributed by atoms with E-state index in [2.05, 4.69) is 23.4 Å². The lowest BCUT2D eigenvalue weighted by atomic mass is 10.2. The molecule has 0 aliphatic carbocycles. The first-order chi connectivity index (χ1) is 6.27. The second-order valence-corrected chi connectivity index (χ2v) is 3.40. The minimum absolute atomic E-state index is 0.268. The summed E-state index contributed by atoms with van der Waals surface area (Å²) in [4.78, 5) is 4.26. The summed E-state index contributed by atoms with van der Waals surface area (Å²) in [6.07, 6.45) is 7.07. The first kappa shape index (κ1) is 10.3. The normalized spacial score (nSPS) is 13.2. The molecule has 3 nitrogen and oxygen atoms in total. The lowest BCUT2D eigenvalue weighted by Gasteiger charge is -2.12. The molecule has 13 heavy (non-hydrogen) atoms. The van der Waals surface area contributed by atoms with Crippen LogP contribution in [0.25, 0.3) is 0 Å². The van der Waals surface area contributed by atoms with Gasteiger partial charge in [0.05, 0.1) is 0 Å². The predicted molar refractivity (Wildman–Crippen MR) is 54.5 cm³/mol. The maximum atomic E-state index is 5.95. The Morgan fingerprint density at radius 3 is 2.92 bits per heavy atom. The van der Waals surface area contributed by atoms with Crippen LogP contribution in [-0.2, 0) is 13.0 Å². The Morgan fingerprint density at radius 1 is 1.54 bits per heavy atom. The van der Waals surface area contributed by atoms with Crippen molar-refractivity contribution in [2.45, 2.75) is 45.7 Å². The van der Waals surface area contributed by atoms with Gasteiger partial charge in [-0.05, 0) is 6.42 Å². The Hall–Kier alpha value is -0.830. The quantitative estimate of drug-likeness (QED) is 0.749. The van der Waals surface area contributed by atoms with Gasteiger partial charge in [-0.1, -0.05) is 20.3 Å². The molecule has 1 heterocycles. The zero-order valence-electron chi connectivity index (χ0n) is 8.53. The molecule has 74 valence electrons. The van der Waals surface area contributed by atoms with E-state index in [1.165, 1.54) is 0 Å². The molecule has 0 aromatic carbocycles. The van der Waals surface area contributed by atoms with Crippen molar-refractivity contribution in [2.75, 3.05) is 0 Å². The molecule has 0 aliphatic rings. The van der Waals surface area contributed by atoms with Crippen LogP contribution in [0.1, 0.15) is 32.5 Å². The van der Waals surface area contributed by atoms with E-state index in [0.717, 1.165) is 31.6 Å². The van der Waals surface area contributed by atoms with E-state index >= 15 is 0 Å². The summed E-state index contributed by atoms with van der Waals surface area (Å²) in [5.41, 5.74) is 5.95. The minimum atomic E-state index is 0.268. The number of aryl methyl sites for hydroxylation is 1. The van der Waals surface area contributed by atoms with E-state index in [9.17, 15) is 0 Å². The molecule has 0 saturated carbocycles. The average Bonchev–Trinajstić information content (AvgIpc) is 2.52. The van der Waals surface area contributed by atoms with Gasteiger partial charge < -0.3 is 10.3 Å². The van der Waals surface area contributed by atoms with E-state index in [1.54, 1.807) is 0 Å². The first-order valence-electron chi connectivity index (χ1n) is 5.03. The van der Waals surface area contributed by atoms with Gasteiger partial charge in [-0.3, -0.25) is 0 Å². The summed E-state index contributed by atoms with van der Waals surface area (Å²) in [5.74, 6) is 1.13. The van der Waals surface area contributed by atoms with Gasteiger partial charge in [0.1, 0.15) is 5.82 Å². The lowest BCUT2D eigenvalue weighted by molar-refractivity contribution is 0.502. The third-order valence-electron chi connectivity index (χ3n) is 2.21. The van der Waals surface area contributed by atoms with Crippen LogP contribution in [0.4, 0.5) is 0 Å². The zero-order valence-corrected chi connectivity index (χ0v) is 8.53. The van der Waals surface area contributed by atoms with Crippen LogP contribution in [0.5, 0.6) is 0 Å². The molecule has 1 unspecified atom stereocenters. The van der Waals surface area contributed by atoms with E-state index < -0.39 is 0 Å². The second kappa shape index (κ2) is 5.02. The van der Waals surface area contributed by atoms with E-state index in [4.69, 9.17) is 5.73 Å². The van der Waals surface area contributed by atoms with E-state index in [-0.39, 0.29) is 6.04 Å². The Bertz CT molecular complexity index is 242. The number of hydrogen-bond acceptors (Lipinski definition) is 2. The Morgan fingerprint density at radius 2 is 2.31 bits per heavy atom. The van der Waals surface area contributed by atoms with Crippen LogP contribution >= 0.6 is 0 Å². The number of hydrogen-bond donors (Lipinski definition) is 1. The van der Waals surface area contributed by atoms with Gasteiger partial charge in [0.25, 0.3) is 0 Å². The average molecular weight is 181 g/mol. The number of nitrogens with two attached hydrogens (primary N) is 1. The largest absolute Gasteiger partial charge is 0.333 e. The maximum absolute atomic E-state index is 5.95. The van der Waals surface area contributed by atoms with Gasteiger partial charge >= 0.3 is 0 Å². The van der Waals surface area contributed by atoms with Gasteiger partial charge in [0, 0.05) is 31.4 Å². The van der Waals surface area contributed by atoms with Crippen LogP contribution in [0.3, 0.4) is 0 Å². The van der Waals surface area contributed by atoms with Crippen molar-refractivity contribution in [1.29, 1.82) is 0 Å². The molecule has 1 rings (SSSR count). The van der Waals surface area contributed by atoms with Crippen LogP contribution in [0.15, 0.2) is 12.4 Å². The molecular weight excluding hydrogens is 162 g/mol. The Balaban J connectivity index is 2.52. The summed E-state index contributed by atoms with van der Waals surface area (Å²) < 4.78 is 2.15. The van der Waals surface area contributed by atoms with Crippen molar-refractivity contribution in [2.24, 2.45) is 5.73 Å². The third kappa shape index (κ3) is 2.84. The highest BCUT2D eigenvalue weighted by Gasteiger charge is 2.05. The monoisotopic (exact) mass is 181 g/mol. The number of nitrogens with zero attached hydrogens (tertiary/aromatic N) is 2. The number of aromatic nitrogens is 2. The predicted octanol–water partition coefficient (Wildman–Crippen LogP) is 1.57. The highest BCUT2D eigenvalue weighted by atomic mass is 15.1. The first-order valence-corrected chi connectivity index (χ1v) is 5.03. The standard InChI is InChI=1S/C10H19N3/c1-3-5-9(11)8-13-7-6-12-10(13)4-2/h6-7,9H,3-5,8,11H2,1-2H3. The van der Waals surface area contributed by atoms with Gasteiger partial charge in [-0.15, -0.1) is 0 Å². The van der Waals surface area contributed by atoms with E-state index in [1.807, 2.05) is 12.4 Å². The van der Waals surface area contributed by atoms with Crippen molar-refractivity contribution in [3.8, 4) is 0 Å². The van der Waals surface area contributed by atoms with Crippen molar-refractivity contribution < 1.29 is 0 Å². The van der Waals surface area contributed by atoms with Gasteiger partial charge in [-0.25, -0.2) is 4.98 Å². The third-order valence-corrected chi connectivity index (χ3v) is 2.21. The van der Waals surface area contributed by atoms with Crippen molar-refractivity contribution in [3.63, 3.8) is 0 Å². The lowest BCUT2D eigenvalue weighted by Crippen LogP contribution is -2.26. The second-order valence-electron chi connectivity index (χ2n) is 3.40. The molecule has 3 heteroatoms. The number of imidazole rings is 1. The fraction of sp³-hybridized carbons (Fsp3) is 0.700. The molecular formula is C10H19N3. The maximum Gasteiger partial charge on any atom is 0.108 e. The molecule has 0 aliphatic heterocycles. The summed E-state index contributed by atoms with van der Waals surface area (Å²) in [7, 11) is 0. The van der Waals surface area contributed by atoms with Crippen LogP contribution in [0.2, 0.25) is 0 Å². The molecule has 0 bridgehead atoms. The van der Waals surface area contributed by atoms with Gasteiger partial charge in [0.15, 0.2) is 0 Å². The van der Waals surface area contributed by atoms with E-state index in [0.29, 0.717) is 0 Å². The summed E-state index contributed by atoms with van der Waals surface area (Å²) in [6, 6.07) is 0.268. The van der Waals surface area contributed by atoms with Crippen LogP contribution < -0.4 is 5.73 Å². The van der Waals surface area contributed by atoms with Gasteiger partial charge in [-0.2, -0.15) is 0 Å². The molecule has 2 N–H and O–H groups in total. The smallest absolute Gasteiger partial charge is 0.108 e. The zero-order chi connectivity index (χ0) is 9.68. The minimum Gasteiger partial charge on any atom is -0.333 e. The fourth-order valence-electron chi connectivity index (χ4n) is 1.54. The molecule has 1 aromatic rings. The SMILES string of the molecule is CCCC(N)Cn1ccnc1CC. The molecule has 1 atom stereocenters. The summed E-state index contributed by atoms with van der Waals surface area (Å²) in [6.45, 7) is 5.18. The molecule has 0 radical (unpaired) electrons. The fourth-order valence-corrected chi connectivity index (χ4v) is 1.54. The molecule has 1 aromatic heterocycles. The van der Waals surface area contributed by atoms with Crippen molar-refractivity contribution in [1.82, 2.24) is 9.55 Å². The van der Waals surface area contributed by atoms with Crippen molar-refractivity contribution >= 4 is 0 Å². The highest BCUT2D eigenvalue weighted by Crippen LogP contribution is 2.02. The molecule has 0 spiro atoms. The molecule has 0 amide bonds. The summed E-state index contributed by atoms with van der Waals surface area (Å²) >= 11 is 0. The Kier molecular flexibility index (Phi) is 3.96. The topological polar surface area (TPSA) is 43.8 Å². The molecule has 0 fully saturated rings. The Labute approximate surface area is 80.0 Å². The summed E-state index contributed by atoms with van der Waals surface area (Å²) in [5, 5.41) is 0. The van der Waals surface area contributed by atoms with Gasteiger partial charge in [0.2, 0.25) is 0 Å². The highest BCUT2D eigenvalue weighted by molar-refractivity contribution is 4.92. The number of rotatable bonds is 5. The molecule has 0 saturated heterocycles. The van der Waals surface area contributed by atoms with Crippen LogP contribution in [0, 0.1) is 0 Å².